The van der Waals surface area contributed by atoms with Gasteiger partial charge in [0.1, 0.15) is 5.75 Å². The Labute approximate surface area is 200 Å². The van der Waals surface area contributed by atoms with Crippen LogP contribution in [0.25, 0.3) is 17.1 Å². The van der Waals surface area contributed by atoms with Crippen LogP contribution in [0.15, 0.2) is 48.5 Å². The highest BCUT2D eigenvalue weighted by Crippen LogP contribution is 2.29. The topological polar surface area (TPSA) is 82.8 Å². The van der Waals surface area contributed by atoms with E-state index in [2.05, 4.69) is 38.1 Å². The molecular formula is C25H28N6OS. The molecule has 8 heteroatoms. The molecule has 0 N–H and O–H groups in total. The van der Waals surface area contributed by atoms with Gasteiger partial charge in [-0.2, -0.15) is 10.5 Å². The molecule has 0 bridgehead atoms. The van der Waals surface area contributed by atoms with Crippen molar-refractivity contribution in [2.75, 3.05) is 20.2 Å². The van der Waals surface area contributed by atoms with Gasteiger partial charge in [0.25, 0.3) is 0 Å². The van der Waals surface area contributed by atoms with E-state index in [0.717, 1.165) is 22.8 Å². The Morgan fingerprint density at radius 3 is 2.24 bits per heavy atom. The zero-order chi connectivity index (χ0) is 23.8. The minimum absolute atomic E-state index is 0.304. The molecule has 0 atom stereocenters. The maximum Gasteiger partial charge on any atom is 0.204 e. The largest absolute Gasteiger partial charge is 0.497 e. The molecule has 7 nitrogen and oxygen atoms in total. The third kappa shape index (κ3) is 5.67. The summed E-state index contributed by atoms with van der Waals surface area (Å²) in [6.45, 7) is 5.82. The molecule has 1 heterocycles. The second kappa shape index (κ2) is 11.4. The van der Waals surface area contributed by atoms with E-state index in [0.29, 0.717) is 43.3 Å². The smallest absolute Gasteiger partial charge is 0.204 e. The van der Waals surface area contributed by atoms with Crippen LogP contribution in [0, 0.1) is 27.4 Å². The maximum absolute atomic E-state index is 9.03. The third-order valence-electron chi connectivity index (χ3n) is 5.40. The summed E-state index contributed by atoms with van der Waals surface area (Å²) in [5.41, 5.74) is 3.09. The highest BCUT2D eigenvalue weighted by atomic mass is 32.1. The van der Waals surface area contributed by atoms with Crippen LogP contribution in [-0.2, 0) is 6.67 Å². The molecule has 2 aromatic carbocycles. The predicted octanol–water partition coefficient (Wildman–Crippen LogP) is 5.29. The predicted molar refractivity (Wildman–Crippen MR) is 130 cm³/mol. The number of methoxy groups -OCH3 is 1. The second-order valence-corrected chi connectivity index (χ2v) is 8.32. The lowest BCUT2D eigenvalue weighted by atomic mass is 10.0. The first kappa shape index (κ1) is 24.2. The Hall–Kier alpha value is -3.46. The van der Waals surface area contributed by atoms with Crippen LogP contribution >= 0.6 is 12.2 Å². The zero-order valence-corrected chi connectivity index (χ0v) is 20.0. The van der Waals surface area contributed by atoms with E-state index in [-0.39, 0.29) is 0 Å². The molecule has 170 valence electrons. The van der Waals surface area contributed by atoms with Crippen molar-refractivity contribution in [3.63, 3.8) is 0 Å². The molecule has 33 heavy (non-hydrogen) atoms. The van der Waals surface area contributed by atoms with Gasteiger partial charge in [-0.15, -0.1) is 5.10 Å². The minimum Gasteiger partial charge on any atom is -0.497 e. The molecule has 0 unspecified atom stereocenters. The van der Waals surface area contributed by atoms with Crippen molar-refractivity contribution in [1.29, 1.82) is 10.5 Å². The number of hydrogen-bond acceptors (Lipinski definition) is 6. The van der Waals surface area contributed by atoms with Crippen LogP contribution in [-0.4, -0.2) is 39.4 Å². The molecule has 1 aromatic heterocycles. The number of benzene rings is 2. The van der Waals surface area contributed by atoms with Gasteiger partial charge in [-0.1, -0.05) is 32.0 Å². The number of para-hydroxylation sites is 1. The molecule has 0 aliphatic heterocycles. The summed E-state index contributed by atoms with van der Waals surface area (Å²) in [6, 6.07) is 20.3. The quantitative estimate of drug-likeness (QED) is 0.382. The number of ether oxygens (including phenoxy) is 1. The summed E-state index contributed by atoms with van der Waals surface area (Å²) < 4.78 is 9.67. The molecular weight excluding hydrogens is 432 g/mol. The van der Waals surface area contributed by atoms with Crippen LogP contribution in [0.1, 0.15) is 38.2 Å². The van der Waals surface area contributed by atoms with E-state index in [1.807, 2.05) is 45.9 Å². The summed E-state index contributed by atoms with van der Waals surface area (Å²) in [7, 11) is 1.64. The number of nitriles is 2. The molecule has 0 aliphatic rings. The van der Waals surface area contributed by atoms with E-state index in [1.54, 1.807) is 11.8 Å². The SMILES string of the molecule is COc1ccc(-c2nn(CN(CCC#N)CCC#N)c(=S)n2-c2ccccc2C(C)C)cc1. The van der Waals surface area contributed by atoms with Crippen LogP contribution in [0.2, 0.25) is 0 Å². The standard InChI is InChI=1S/C25H28N6OS/c1-19(2)22-8-4-5-9-23(22)31-24(20-10-12-21(32-3)13-11-20)28-30(25(31)33)18-29(16-6-14-26)17-7-15-27/h4-5,8-13,19H,6-7,16-18H2,1-3H3. The first-order chi connectivity index (χ1) is 16.0. The number of hydrogen-bond donors (Lipinski definition) is 0. The fourth-order valence-corrected chi connectivity index (χ4v) is 3.97. The van der Waals surface area contributed by atoms with Gasteiger partial charge in [0.2, 0.25) is 4.77 Å². The molecule has 0 fully saturated rings. The second-order valence-electron chi connectivity index (χ2n) is 7.96. The zero-order valence-electron chi connectivity index (χ0n) is 19.2. The normalized spacial score (nSPS) is 10.9. The molecule has 3 aromatic rings. The highest BCUT2D eigenvalue weighted by Gasteiger charge is 2.19. The lowest BCUT2D eigenvalue weighted by Gasteiger charge is -2.19. The summed E-state index contributed by atoms with van der Waals surface area (Å²) >= 11 is 5.92. The Morgan fingerprint density at radius 2 is 1.67 bits per heavy atom. The van der Waals surface area contributed by atoms with Gasteiger partial charge in [-0.25, -0.2) is 4.68 Å². The van der Waals surface area contributed by atoms with Crippen LogP contribution in [0.3, 0.4) is 0 Å². The van der Waals surface area contributed by atoms with Gasteiger partial charge in [0, 0.05) is 31.5 Å². The van der Waals surface area contributed by atoms with Crippen molar-refractivity contribution in [2.24, 2.45) is 0 Å². The number of nitrogens with zero attached hydrogens (tertiary/aromatic N) is 6. The molecule has 0 aliphatic carbocycles. The average molecular weight is 461 g/mol. The van der Waals surface area contributed by atoms with Gasteiger partial charge in [0.15, 0.2) is 5.82 Å². The lowest BCUT2D eigenvalue weighted by Crippen LogP contribution is -2.29. The highest BCUT2D eigenvalue weighted by molar-refractivity contribution is 7.71. The van der Waals surface area contributed by atoms with E-state index >= 15 is 0 Å². The Balaban J connectivity index is 2.14. The molecule has 0 saturated heterocycles. The van der Waals surface area contributed by atoms with Gasteiger partial charge < -0.3 is 4.74 Å². The van der Waals surface area contributed by atoms with E-state index in [4.69, 9.17) is 32.6 Å². The van der Waals surface area contributed by atoms with Crippen LogP contribution in [0.4, 0.5) is 0 Å². The molecule has 0 radical (unpaired) electrons. The van der Waals surface area contributed by atoms with Gasteiger partial charge in [-0.05, 0) is 54.0 Å². The Morgan fingerprint density at radius 1 is 1.03 bits per heavy atom. The fraction of sp³-hybridized carbons (Fsp3) is 0.360. The minimum atomic E-state index is 0.304. The summed E-state index contributed by atoms with van der Waals surface area (Å²) in [6.07, 6.45) is 0.752. The summed E-state index contributed by atoms with van der Waals surface area (Å²) in [5.74, 6) is 1.80. The average Bonchev–Trinajstić information content (AvgIpc) is 3.16. The van der Waals surface area contributed by atoms with Crippen molar-refractivity contribution in [3.8, 4) is 35.0 Å². The molecule has 3 rings (SSSR count). The third-order valence-corrected chi connectivity index (χ3v) is 5.79. The summed E-state index contributed by atoms with van der Waals surface area (Å²) in [4.78, 5) is 2.03. The Kier molecular flexibility index (Phi) is 8.37. The van der Waals surface area contributed by atoms with Crippen molar-refractivity contribution < 1.29 is 4.74 Å². The fourth-order valence-electron chi connectivity index (χ4n) is 3.68. The van der Waals surface area contributed by atoms with Gasteiger partial charge in [-0.3, -0.25) is 9.47 Å². The Bertz CT molecular complexity index is 1200. The van der Waals surface area contributed by atoms with Crippen molar-refractivity contribution in [1.82, 2.24) is 19.2 Å². The van der Waals surface area contributed by atoms with Gasteiger partial charge in [0.05, 0.1) is 31.6 Å². The first-order valence-corrected chi connectivity index (χ1v) is 11.3. The van der Waals surface area contributed by atoms with Gasteiger partial charge >= 0.3 is 0 Å². The monoisotopic (exact) mass is 460 g/mol. The van der Waals surface area contributed by atoms with Crippen molar-refractivity contribution in [3.05, 3.63) is 58.9 Å². The lowest BCUT2D eigenvalue weighted by molar-refractivity contribution is 0.214. The number of rotatable bonds is 10. The van der Waals surface area contributed by atoms with Crippen LogP contribution < -0.4 is 4.74 Å². The van der Waals surface area contributed by atoms with Crippen molar-refractivity contribution in [2.45, 2.75) is 39.3 Å². The molecule has 0 saturated carbocycles. The first-order valence-electron chi connectivity index (χ1n) is 10.9. The molecule has 0 amide bonds. The maximum atomic E-state index is 9.03. The number of aromatic nitrogens is 3. The summed E-state index contributed by atoms with van der Waals surface area (Å²) in [5, 5.41) is 23.0. The van der Waals surface area contributed by atoms with Crippen molar-refractivity contribution >= 4 is 12.2 Å². The van der Waals surface area contributed by atoms with E-state index in [9.17, 15) is 0 Å². The molecule has 0 spiro atoms. The van der Waals surface area contributed by atoms with E-state index < -0.39 is 0 Å². The van der Waals surface area contributed by atoms with E-state index in [1.165, 1.54) is 5.56 Å². The van der Waals surface area contributed by atoms with Crippen LogP contribution in [0.5, 0.6) is 5.75 Å².